The van der Waals surface area contributed by atoms with E-state index in [1.165, 1.54) is 58.0 Å². The lowest BCUT2D eigenvalue weighted by atomic mass is 9.96. The van der Waals surface area contributed by atoms with E-state index in [0.29, 0.717) is 6.04 Å². The van der Waals surface area contributed by atoms with Crippen molar-refractivity contribution in [3.63, 3.8) is 0 Å². The summed E-state index contributed by atoms with van der Waals surface area (Å²) in [6.45, 7) is 2.54. The number of nitrogens with one attached hydrogen (secondary N) is 1. The molecule has 3 unspecified atom stereocenters. The molecule has 2 saturated heterocycles. The molecule has 2 fully saturated rings. The molecule has 3 aliphatic rings. The van der Waals surface area contributed by atoms with Gasteiger partial charge in [0, 0.05) is 31.2 Å². The number of fused-ring (bicyclic) bond motifs is 3. The van der Waals surface area contributed by atoms with Crippen molar-refractivity contribution in [2.24, 2.45) is 0 Å². The second-order valence-corrected chi connectivity index (χ2v) is 6.88. The average Bonchev–Trinajstić information content (AvgIpc) is 2.68. The van der Waals surface area contributed by atoms with Crippen LogP contribution < -0.4 is 5.32 Å². The van der Waals surface area contributed by atoms with E-state index >= 15 is 0 Å². The van der Waals surface area contributed by atoms with E-state index in [2.05, 4.69) is 34.5 Å². The zero-order valence-corrected chi connectivity index (χ0v) is 12.4. The Balaban J connectivity index is 1.61. The Kier molecular flexibility index (Phi) is 3.53. The van der Waals surface area contributed by atoms with E-state index in [4.69, 9.17) is 0 Å². The van der Waals surface area contributed by atoms with Gasteiger partial charge in [0.05, 0.1) is 0 Å². The summed E-state index contributed by atoms with van der Waals surface area (Å²) in [6.07, 6.45) is 9.52. The fraction of sp³-hybridized carbons (Fsp3) is 0.667. The second-order valence-electron chi connectivity index (χ2n) is 6.88. The van der Waals surface area contributed by atoms with E-state index in [-0.39, 0.29) is 0 Å². The molecule has 1 aliphatic carbocycles. The van der Waals surface area contributed by atoms with Crippen LogP contribution in [-0.2, 0) is 6.42 Å². The minimum atomic E-state index is 0.676. The molecule has 0 spiro atoms. The van der Waals surface area contributed by atoms with Gasteiger partial charge < -0.3 is 5.32 Å². The predicted octanol–water partition coefficient (Wildman–Crippen LogP) is 3.28. The molecule has 0 amide bonds. The van der Waals surface area contributed by atoms with Crippen LogP contribution in [0.3, 0.4) is 0 Å². The molecule has 0 aromatic heterocycles. The molecule has 2 heteroatoms. The fourth-order valence-corrected chi connectivity index (χ4v) is 4.53. The Morgan fingerprint density at radius 1 is 0.950 bits per heavy atom. The van der Waals surface area contributed by atoms with Gasteiger partial charge in [-0.2, -0.15) is 0 Å². The lowest BCUT2D eigenvalue weighted by molar-refractivity contribution is 0.177. The average molecular weight is 270 g/mol. The van der Waals surface area contributed by atoms with Gasteiger partial charge in [-0.15, -0.1) is 0 Å². The third-order valence-corrected chi connectivity index (χ3v) is 5.58. The van der Waals surface area contributed by atoms with E-state index in [1.54, 1.807) is 11.1 Å². The quantitative estimate of drug-likeness (QED) is 0.788. The maximum atomic E-state index is 3.82. The monoisotopic (exact) mass is 270 g/mol. The van der Waals surface area contributed by atoms with Crippen molar-refractivity contribution in [2.45, 2.75) is 63.1 Å². The van der Waals surface area contributed by atoms with Crippen molar-refractivity contribution in [1.82, 2.24) is 10.2 Å². The van der Waals surface area contributed by atoms with Crippen LogP contribution in [0.2, 0.25) is 0 Å². The van der Waals surface area contributed by atoms with Gasteiger partial charge in [0.25, 0.3) is 0 Å². The molecular formula is C18H26N2. The molecule has 1 aromatic carbocycles. The van der Waals surface area contributed by atoms with E-state index in [0.717, 1.165) is 12.1 Å². The van der Waals surface area contributed by atoms with Crippen molar-refractivity contribution in [1.29, 1.82) is 0 Å². The van der Waals surface area contributed by atoms with Gasteiger partial charge in [-0.25, -0.2) is 0 Å². The van der Waals surface area contributed by atoms with E-state index in [1.807, 2.05) is 0 Å². The van der Waals surface area contributed by atoms with Crippen molar-refractivity contribution in [3.05, 3.63) is 35.4 Å². The van der Waals surface area contributed by atoms with Gasteiger partial charge in [0.2, 0.25) is 0 Å². The van der Waals surface area contributed by atoms with Crippen molar-refractivity contribution < 1.29 is 0 Å². The predicted molar refractivity (Wildman–Crippen MR) is 82.9 cm³/mol. The maximum Gasteiger partial charge on any atom is 0.0351 e. The number of likely N-dealkylation sites (tertiary alicyclic amines) is 1. The molecule has 1 aromatic rings. The van der Waals surface area contributed by atoms with Crippen LogP contribution in [0.4, 0.5) is 0 Å². The Labute approximate surface area is 122 Å². The van der Waals surface area contributed by atoms with Gasteiger partial charge in [0.1, 0.15) is 0 Å². The Morgan fingerprint density at radius 2 is 1.85 bits per heavy atom. The van der Waals surface area contributed by atoms with E-state index < -0.39 is 0 Å². The number of rotatable bonds is 1. The molecule has 0 radical (unpaired) electrons. The van der Waals surface area contributed by atoms with Gasteiger partial charge in [-0.3, -0.25) is 4.90 Å². The fourth-order valence-electron chi connectivity index (χ4n) is 4.53. The molecule has 2 aliphatic heterocycles. The first-order valence-electron chi connectivity index (χ1n) is 8.48. The third kappa shape index (κ3) is 2.40. The topological polar surface area (TPSA) is 15.3 Å². The molecule has 2 nitrogen and oxygen atoms in total. The van der Waals surface area contributed by atoms with Gasteiger partial charge in [-0.05, 0) is 49.7 Å². The summed E-state index contributed by atoms with van der Waals surface area (Å²) >= 11 is 0. The summed E-state index contributed by atoms with van der Waals surface area (Å²) in [4.78, 5) is 2.79. The Morgan fingerprint density at radius 3 is 2.85 bits per heavy atom. The van der Waals surface area contributed by atoms with Crippen LogP contribution in [0, 0.1) is 0 Å². The number of hydrogen-bond donors (Lipinski definition) is 1. The largest absolute Gasteiger partial charge is 0.310 e. The number of aryl methyl sites for hydroxylation is 1. The zero-order valence-electron chi connectivity index (χ0n) is 12.4. The summed E-state index contributed by atoms with van der Waals surface area (Å²) in [5.74, 6) is 0. The molecule has 20 heavy (non-hydrogen) atoms. The van der Waals surface area contributed by atoms with Crippen LogP contribution >= 0.6 is 0 Å². The van der Waals surface area contributed by atoms with Crippen molar-refractivity contribution in [3.8, 4) is 0 Å². The highest BCUT2D eigenvalue weighted by Gasteiger charge is 2.33. The summed E-state index contributed by atoms with van der Waals surface area (Å²) in [5, 5.41) is 3.82. The van der Waals surface area contributed by atoms with Crippen molar-refractivity contribution >= 4 is 0 Å². The standard InChI is InChI=1S/C18H26N2/c1-3-7-17-14(5-1)6-2-4-8-18(17)20-12-11-15-9-10-16(13-20)19-15/h1,3,5,7,15-16,18-19H,2,4,6,8-13H2. The molecule has 1 N–H and O–H groups in total. The van der Waals surface area contributed by atoms with Crippen LogP contribution in [-0.4, -0.2) is 30.1 Å². The van der Waals surface area contributed by atoms with Crippen LogP contribution in [0.1, 0.15) is 55.7 Å². The lowest BCUT2D eigenvalue weighted by Gasteiger charge is -2.33. The highest BCUT2D eigenvalue weighted by molar-refractivity contribution is 5.31. The molecule has 0 saturated carbocycles. The van der Waals surface area contributed by atoms with E-state index in [9.17, 15) is 0 Å². The van der Waals surface area contributed by atoms with Crippen LogP contribution in [0.15, 0.2) is 24.3 Å². The number of hydrogen-bond acceptors (Lipinski definition) is 2. The first-order chi connectivity index (χ1) is 9.90. The summed E-state index contributed by atoms with van der Waals surface area (Å²) in [5.41, 5.74) is 3.24. The second kappa shape index (κ2) is 5.50. The first-order valence-corrected chi connectivity index (χ1v) is 8.48. The minimum absolute atomic E-state index is 0.676. The SMILES string of the molecule is c1ccc2c(c1)CCCCC2N1CCC2CCC(C1)N2. The normalized spacial score (nSPS) is 34.3. The minimum Gasteiger partial charge on any atom is -0.310 e. The Hall–Kier alpha value is -0.860. The highest BCUT2D eigenvalue weighted by Crippen LogP contribution is 2.35. The molecule has 4 rings (SSSR count). The third-order valence-electron chi connectivity index (χ3n) is 5.58. The Bertz CT molecular complexity index is 470. The molecular weight excluding hydrogens is 244 g/mol. The van der Waals surface area contributed by atoms with Crippen molar-refractivity contribution in [2.75, 3.05) is 13.1 Å². The summed E-state index contributed by atoms with van der Waals surface area (Å²) in [7, 11) is 0. The number of benzene rings is 1. The first kappa shape index (κ1) is 12.8. The molecule has 2 bridgehead atoms. The molecule has 108 valence electrons. The van der Waals surface area contributed by atoms with Gasteiger partial charge in [0.15, 0.2) is 0 Å². The maximum absolute atomic E-state index is 3.82. The molecule has 2 heterocycles. The number of nitrogens with zero attached hydrogens (tertiary/aromatic N) is 1. The smallest absolute Gasteiger partial charge is 0.0351 e. The summed E-state index contributed by atoms with van der Waals surface area (Å²) < 4.78 is 0. The van der Waals surface area contributed by atoms with Gasteiger partial charge in [-0.1, -0.05) is 30.7 Å². The lowest BCUT2D eigenvalue weighted by Crippen LogP contribution is -2.37. The zero-order chi connectivity index (χ0) is 13.4. The summed E-state index contributed by atoms with van der Waals surface area (Å²) in [6, 6.07) is 11.4. The highest BCUT2D eigenvalue weighted by atomic mass is 15.2. The van der Waals surface area contributed by atoms with Gasteiger partial charge >= 0.3 is 0 Å². The van der Waals surface area contributed by atoms with Crippen LogP contribution in [0.5, 0.6) is 0 Å². The van der Waals surface area contributed by atoms with Crippen LogP contribution in [0.25, 0.3) is 0 Å². The molecule has 3 atom stereocenters.